The number of imidazole rings is 1. The molecular formula is C16H29N3. The average Bonchev–Trinajstić information content (AvgIpc) is 2.74. The minimum atomic E-state index is 0.153. The van der Waals surface area contributed by atoms with Crippen LogP contribution in [-0.2, 0) is 6.54 Å². The van der Waals surface area contributed by atoms with Gasteiger partial charge in [-0.05, 0) is 51.9 Å². The molecule has 1 aromatic heterocycles. The molecule has 0 atom stereocenters. The Balaban J connectivity index is 1.91. The molecule has 0 saturated heterocycles. The molecule has 2 N–H and O–H groups in total. The molecule has 0 unspecified atom stereocenters. The van der Waals surface area contributed by atoms with Gasteiger partial charge in [-0.25, -0.2) is 4.98 Å². The highest BCUT2D eigenvalue weighted by atomic mass is 15.0. The van der Waals surface area contributed by atoms with Crippen LogP contribution in [0.5, 0.6) is 0 Å². The zero-order valence-corrected chi connectivity index (χ0v) is 13.1. The first kappa shape index (κ1) is 14.6. The summed E-state index contributed by atoms with van der Waals surface area (Å²) < 4.78 is 0. The van der Waals surface area contributed by atoms with E-state index in [9.17, 15) is 0 Å². The maximum Gasteiger partial charge on any atom is 0.109 e. The van der Waals surface area contributed by atoms with E-state index in [2.05, 4.69) is 49.9 Å². The third-order valence-electron chi connectivity index (χ3n) is 4.18. The SMILES string of the molecule is CC1(C)CCC(c2ncc(CNC(C)(C)C)[nH]2)CC1. The number of nitrogens with one attached hydrogen (secondary N) is 2. The number of hydrogen-bond donors (Lipinski definition) is 2. The summed E-state index contributed by atoms with van der Waals surface area (Å²) in [4.78, 5) is 8.10. The number of nitrogens with zero attached hydrogens (tertiary/aromatic N) is 1. The van der Waals surface area contributed by atoms with E-state index in [0.29, 0.717) is 11.3 Å². The van der Waals surface area contributed by atoms with Crippen molar-refractivity contribution in [3.05, 3.63) is 17.7 Å². The van der Waals surface area contributed by atoms with Gasteiger partial charge in [0.1, 0.15) is 5.82 Å². The lowest BCUT2D eigenvalue weighted by Crippen LogP contribution is -2.35. The maximum absolute atomic E-state index is 4.59. The quantitative estimate of drug-likeness (QED) is 0.866. The van der Waals surface area contributed by atoms with Crippen LogP contribution in [0.2, 0.25) is 0 Å². The van der Waals surface area contributed by atoms with Gasteiger partial charge in [-0.2, -0.15) is 0 Å². The van der Waals surface area contributed by atoms with Crippen molar-refractivity contribution in [3.8, 4) is 0 Å². The average molecular weight is 263 g/mol. The highest BCUT2D eigenvalue weighted by Crippen LogP contribution is 2.41. The number of rotatable bonds is 3. The molecular weight excluding hydrogens is 234 g/mol. The van der Waals surface area contributed by atoms with Crippen molar-refractivity contribution in [3.63, 3.8) is 0 Å². The van der Waals surface area contributed by atoms with Crippen LogP contribution in [0.25, 0.3) is 0 Å². The molecule has 3 heteroatoms. The Morgan fingerprint density at radius 1 is 1.32 bits per heavy atom. The predicted octanol–water partition coefficient (Wildman–Crippen LogP) is 3.98. The van der Waals surface area contributed by atoms with Crippen molar-refractivity contribution in [2.24, 2.45) is 5.41 Å². The van der Waals surface area contributed by atoms with Crippen LogP contribution in [0.4, 0.5) is 0 Å². The summed E-state index contributed by atoms with van der Waals surface area (Å²) in [6.45, 7) is 12.2. The number of aromatic amines is 1. The van der Waals surface area contributed by atoms with E-state index in [1.165, 1.54) is 37.2 Å². The van der Waals surface area contributed by atoms with Crippen molar-refractivity contribution < 1.29 is 0 Å². The van der Waals surface area contributed by atoms with Gasteiger partial charge in [-0.1, -0.05) is 13.8 Å². The topological polar surface area (TPSA) is 40.7 Å². The number of H-pyrrole nitrogens is 1. The van der Waals surface area contributed by atoms with E-state index in [-0.39, 0.29) is 5.54 Å². The van der Waals surface area contributed by atoms with Crippen molar-refractivity contribution in [1.29, 1.82) is 0 Å². The lowest BCUT2D eigenvalue weighted by Gasteiger charge is -2.33. The normalized spacial score (nSPS) is 20.7. The van der Waals surface area contributed by atoms with E-state index in [4.69, 9.17) is 0 Å². The second kappa shape index (κ2) is 5.28. The Hall–Kier alpha value is -0.830. The summed E-state index contributed by atoms with van der Waals surface area (Å²) in [5.74, 6) is 1.83. The largest absolute Gasteiger partial charge is 0.345 e. The molecule has 1 saturated carbocycles. The second-order valence-electron chi connectivity index (χ2n) is 7.84. The molecule has 0 aliphatic heterocycles. The van der Waals surface area contributed by atoms with Crippen LogP contribution in [-0.4, -0.2) is 15.5 Å². The van der Waals surface area contributed by atoms with Crippen LogP contribution in [0.15, 0.2) is 6.20 Å². The van der Waals surface area contributed by atoms with Gasteiger partial charge in [0, 0.05) is 29.9 Å². The fourth-order valence-electron chi connectivity index (χ4n) is 2.71. The standard InChI is InChI=1S/C16H29N3/c1-15(2,3)18-11-13-10-17-14(19-13)12-6-8-16(4,5)9-7-12/h10,12,18H,6-9,11H2,1-5H3,(H,17,19). The van der Waals surface area contributed by atoms with Gasteiger partial charge in [0.25, 0.3) is 0 Å². The monoisotopic (exact) mass is 263 g/mol. The molecule has 1 aromatic rings. The zero-order chi connectivity index (χ0) is 14.1. The van der Waals surface area contributed by atoms with E-state index >= 15 is 0 Å². The van der Waals surface area contributed by atoms with Gasteiger partial charge in [0.15, 0.2) is 0 Å². The summed E-state index contributed by atoms with van der Waals surface area (Å²) in [7, 11) is 0. The van der Waals surface area contributed by atoms with Crippen molar-refractivity contribution in [1.82, 2.24) is 15.3 Å². The Bertz CT molecular complexity index is 402. The molecule has 19 heavy (non-hydrogen) atoms. The van der Waals surface area contributed by atoms with E-state index < -0.39 is 0 Å². The molecule has 1 fully saturated rings. The molecule has 0 radical (unpaired) electrons. The molecule has 108 valence electrons. The summed E-state index contributed by atoms with van der Waals surface area (Å²) in [5.41, 5.74) is 1.88. The van der Waals surface area contributed by atoms with Crippen molar-refractivity contribution >= 4 is 0 Å². The minimum absolute atomic E-state index is 0.153. The lowest BCUT2D eigenvalue weighted by molar-refractivity contribution is 0.221. The van der Waals surface area contributed by atoms with Crippen LogP contribution in [0.3, 0.4) is 0 Å². The molecule has 3 nitrogen and oxygen atoms in total. The molecule has 1 heterocycles. The first-order valence-electron chi connectivity index (χ1n) is 7.54. The Labute approximate surface area is 117 Å². The first-order valence-corrected chi connectivity index (χ1v) is 7.54. The van der Waals surface area contributed by atoms with Crippen LogP contribution >= 0.6 is 0 Å². The summed E-state index contributed by atoms with van der Waals surface area (Å²) in [5, 5.41) is 3.50. The van der Waals surface area contributed by atoms with Gasteiger partial charge in [-0.15, -0.1) is 0 Å². The maximum atomic E-state index is 4.59. The molecule has 1 aliphatic rings. The van der Waals surface area contributed by atoms with Crippen LogP contribution in [0, 0.1) is 5.41 Å². The fraction of sp³-hybridized carbons (Fsp3) is 0.812. The van der Waals surface area contributed by atoms with E-state index in [1.54, 1.807) is 0 Å². The summed E-state index contributed by atoms with van der Waals surface area (Å²) in [6.07, 6.45) is 7.16. The molecule has 1 aliphatic carbocycles. The first-order chi connectivity index (χ1) is 8.75. The molecule has 0 aromatic carbocycles. The van der Waals surface area contributed by atoms with Gasteiger partial charge in [-0.3, -0.25) is 0 Å². The minimum Gasteiger partial charge on any atom is -0.345 e. The summed E-state index contributed by atoms with van der Waals surface area (Å²) >= 11 is 0. The lowest BCUT2D eigenvalue weighted by atomic mass is 9.73. The van der Waals surface area contributed by atoms with E-state index in [0.717, 1.165) is 6.54 Å². The number of aromatic nitrogens is 2. The summed E-state index contributed by atoms with van der Waals surface area (Å²) in [6, 6.07) is 0. The zero-order valence-electron chi connectivity index (χ0n) is 13.1. The van der Waals surface area contributed by atoms with Gasteiger partial charge in [0.05, 0.1) is 0 Å². The van der Waals surface area contributed by atoms with Gasteiger partial charge in [0.2, 0.25) is 0 Å². The van der Waals surface area contributed by atoms with Gasteiger partial charge < -0.3 is 10.3 Å². The second-order valence-corrected chi connectivity index (χ2v) is 7.84. The van der Waals surface area contributed by atoms with Gasteiger partial charge >= 0.3 is 0 Å². The molecule has 2 rings (SSSR count). The predicted molar refractivity (Wildman–Crippen MR) is 80.2 cm³/mol. The Morgan fingerprint density at radius 3 is 2.53 bits per heavy atom. The smallest absolute Gasteiger partial charge is 0.109 e. The molecule has 0 bridgehead atoms. The third kappa shape index (κ3) is 4.34. The van der Waals surface area contributed by atoms with Crippen LogP contribution in [0.1, 0.15) is 77.7 Å². The van der Waals surface area contributed by atoms with E-state index in [1.807, 2.05) is 6.20 Å². The van der Waals surface area contributed by atoms with Crippen molar-refractivity contribution in [2.45, 2.75) is 78.3 Å². The number of hydrogen-bond acceptors (Lipinski definition) is 2. The molecule has 0 spiro atoms. The highest BCUT2D eigenvalue weighted by Gasteiger charge is 2.28. The third-order valence-corrected chi connectivity index (χ3v) is 4.18. The van der Waals surface area contributed by atoms with Crippen LogP contribution < -0.4 is 5.32 Å². The molecule has 0 amide bonds. The fourth-order valence-corrected chi connectivity index (χ4v) is 2.71. The van der Waals surface area contributed by atoms with Crippen molar-refractivity contribution in [2.75, 3.05) is 0 Å². The highest BCUT2D eigenvalue weighted by molar-refractivity contribution is 5.07. The Kier molecular flexibility index (Phi) is 4.05. The Morgan fingerprint density at radius 2 is 1.95 bits per heavy atom.